The predicted molar refractivity (Wildman–Crippen MR) is 326 cm³/mol. The molecule has 482 valence electrons. The van der Waals surface area contributed by atoms with Gasteiger partial charge in [0.2, 0.25) is 0 Å². The summed E-state index contributed by atoms with van der Waals surface area (Å²) < 4.78 is 67.7. The van der Waals surface area contributed by atoms with Gasteiger partial charge in [-0.15, -0.1) is 0 Å². The van der Waals surface area contributed by atoms with Crippen molar-refractivity contribution in [3.05, 3.63) is 24.3 Å². The summed E-state index contributed by atoms with van der Waals surface area (Å²) in [5.41, 5.74) is 0. The molecule has 0 amide bonds. The minimum atomic E-state index is -4.95. The second kappa shape index (κ2) is 56.4. The highest BCUT2D eigenvalue weighted by atomic mass is 31.2. The summed E-state index contributed by atoms with van der Waals surface area (Å²) in [6.45, 7) is 7.01. The molecule has 0 aliphatic heterocycles. The third kappa shape index (κ3) is 56.7. The fourth-order valence-corrected chi connectivity index (χ4v) is 10.4. The first-order valence-electron chi connectivity index (χ1n) is 32.5. The van der Waals surface area contributed by atoms with Crippen molar-refractivity contribution in [3.63, 3.8) is 0 Å². The summed E-state index contributed by atoms with van der Waals surface area (Å²) in [6, 6.07) is 0. The van der Waals surface area contributed by atoms with Crippen molar-refractivity contribution in [1.82, 2.24) is 0 Å². The molecular weight excluding hydrogens is 1090 g/mol. The Morgan fingerprint density at radius 2 is 0.659 bits per heavy atom. The fourth-order valence-electron chi connectivity index (χ4n) is 8.87. The van der Waals surface area contributed by atoms with Gasteiger partial charge in [0, 0.05) is 25.7 Å². The Morgan fingerprint density at radius 3 is 1.00 bits per heavy atom. The van der Waals surface area contributed by atoms with Gasteiger partial charge in [-0.2, -0.15) is 0 Å². The summed E-state index contributed by atoms with van der Waals surface area (Å²) in [4.78, 5) is 71.9. The van der Waals surface area contributed by atoms with E-state index < -0.39 is 97.5 Å². The maximum Gasteiger partial charge on any atom is 0.472 e. The van der Waals surface area contributed by atoms with E-state index in [0.717, 1.165) is 115 Å². The molecular formula is C63H118O17P2. The molecule has 0 radical (unpaired) electrons. The Hall–Kier alpha value is -2.46. The quantitative estimate of drug-likeness (QED) is 0.0169. The molecule has 0 saturated carbocycles. The molecule has 0 aliphatic rings. The summed E-state index contributed by atoms with van der Waals surface area (Å²) in [5, 5.41) is 10.5. The lowest BCUT2D eigenvalue weighted by Gasteiger charge is -2.21. The molecule has 0 aromatic carbocycles. The van der Waals surface area contributed by atoms with Crippen LogP contribution in [-0.2, 0) is 65.4 Å². The highest BCUT2D eigenvalue weighted by molar-refractivity contribution is 7.47. The van der Waals surface area contributed by atoms with Crippen molar-refractivity contribution in [2.75, 3.05) is 39.6 Å². The van der Waals surface area contributed by atoms with Crippen molar-refractivity contribution in [3.8, 4) is 0 Å². The number of rotatable bonds is 61. The summed E-state index contributed by atoms with van der Waals surface area (Å²) in [5.74, 6) is -1.42. The monoisotopic (exact) mass is 1210 g/mol. The molecule has 5 atom stereocenters. The van der Waals surface area contributed by atoms with Crippen LogP contribution in [0.1, 0.15) is 291 Å². The first-order valence-corrected chi connectivity index (χ1v) is 35.4. The van der Waals surface area contributed by atoms with Gasteiger partial charge in [-0.05, 0) is 57.3 Å². The number of aliphatic hydroxyl groups is 1. The number of carbonyl (C=O) groups excluding carboxylic acids is 4. The minimum Gasteiger partial charge on any atom is -0.462 e. The third-order valence-electron chi connectivity index (χ3n) is 13.9. The second-order valence-electron chi connectivity index (χ2n) is 22.6. The number of hydrogen-bond donors (Lipinski definition) is 3. The number of unbranched alkanes of at least 4 members (excludes halogenated alkanes) is 30. The molecule has 0 rings (SSSR count). The van der Waals surface area contributed by atoms with Gasteiger partial charge in [0.1, 0.15) is 19.3 Å². The summed E-state index contributed by atoms with van der Waals surface area (Å²) in [6.07, 6.45) is 42.9. The highest BCUT2D eigenvalue weighted by Gasteiger charge is 2.30. The number of aliphatic hydroxyl groups excluding tert-OH is 1. The van der Waals surface area contributed by atoms with E-state index in [1.54, 1.807) is 0 Å². The van der Waals surface area contributed by atoms with E-state index in [0.29, 0.717) is 25.7 Å². The van der Waals surface area contributed by atoms with E-state index in [4.69, 9.17) is 37.0 Å². The summed E-state index contributed by atoms with van der Waals surface area (Å²) >= 11 is 0. The molecule has 0 fully saturated rings. The maximum atomic E-state index is 13.0. The van der Waals surface area contributed by atoms with Crippen molar-refractivity contribution in [2.45, 2.75) is 310 Å². The number of phosphoric acid groups is 2. The molecule has 0 heterocycles. The van der Waals surface area contributed by atoms with Gasteiger partial charge < -0.3 is 33.8 Å². The third-order valence-corrected chi connectivity index (χ3v) is 15.8. The maximum absolute atomic E-state index is 13.0. The molecule has 0 aromatic heterocycles. The lowest BCUT2D eigenvalue weighted by atomic mass is 10.0. The van der Waals surface area contributed by atoms with Crippen molar-refractivity contribution >= 4 is 39.5 Å². The van der Waals surface area contributed by atoms with Gasteiger partial charge in [-0.25, -0.2) is 9.13 Å². The van der Waals surface area contributed by atoms with Crippen LogP contribution in [0.2, 0.25) is 0 Å². The van der Waals surface area contributed by atoms with E-state index in [1.165, 1.54) is 96.3 Å². The van der Waals surface area contributed by atoms with E-state index in [9.17, 15) is 43.2 Å². The zero-order chi connectivity index (χ0) is 60.6. The molecule has 82 heavy (non-hydrogen) atoms. The first kappa shape index (κ1) is 79.5. The molecule has 0 aromatic rings. The van der Waals surface area contributed by atoms with Crippen LogP contribution in [0, 0.1) is 5.92 Å². The van der Waals surface area contributed by atoms with E-state index in [1.807, 2.05) is 0 Å². The number of esters is 4. The molecule has 3 N–H and O–H groups in total. The zero-order valence-electron chi connectivity index (χ0n) is 52.1. The Labute approximate surface area is 497 Å². The van der Waals surface area contributed by atoms with Crippen LogP contribution in [0.25, 0.3) is 0 Å². The predicted octanol–water partition coefficient (Wildman–Crippen LogP) is 17.0. The number of carbonyl (C=O) groups is 4. The van der Waals surface area contributed by atoms with Gasteiger partial charge in [-0.3, -0.25) is 37.3 Å². The molecule has 0 spiro atoms. The van der Waals surface area contributed by atoms with Gasteiger partial charge in [-0.1, -0.05) is 239 Å². The number of allylic oxidation sites excluding steroid dienone is 4. The largest absolute Gasteiger partial charge is 0.472 e. The van der Waals surface area contributed by atoms with Crippen molar-refractivity contribution < 1.29 is 80.2 Å². The fraction of sp³-hybridized carbons (Fsp3) is 0.873. The normalized spacial score (nSPS) is 14.5. The molecule has 0 aliphatic carbocycles. The lowest BCUT2D eigenvalue weighted by molar-refractivity contribution is -0.161. The van der Waals surface area contributed by atoms with Gasteiger partial charge in [0.25, 0.3) is 0 Å². The van der Waals surface area contributed by atoms with Crippen LogP contribution in [-0.4, -0.2) is 96.7 Å². The average Bonchev–Trinajstić information content (AvgIpc) is 3.44. The van der Waals surface area contributed by atoms with Gasteiger partial charge in [0.05, 0.1) is 26.4 Å². The van der Waals surface area contributed by atoms with Crippen LogP contribution >= 0.6 is 15.6 Å². The Bertz CT molecular complexity index is 1690. The Kier molecular flexibility index (Phi) is 54.7. The minimum absolute atomic E-state index is 0.0847. The van der Waals surface area contributed by atoms with Crippen molar-refractivity contribution in [1.29, 1.82) is 0 Å². The van der Waals surface area contributed by atoms with Crippen LogP contribution < -0.4 is 0 Å². The highest BCUT2D eigenvalue weighted by Crippen LogP contribution is 2.45. The van der Waals surface area contributed by atoms with Crippen LogP contribution in [0.15, 0.2) is 24.3 Å². The second-order valence-corrected chi connectivity index (χ2v) is 25.5. The number of ether oxygens (including phenoxy) is 4. The van der Waals surface area contributed by atoms with Gasteiger partial charge >= 0.3 is 39.5 Å². The average molecular weight is 1210 g/mol. The van der Waals surface area contributed by atoms with Gasteiger partial charge in [0.15, 0.2) is 12.2 Å². The van der Waals surface area contributed by atoms with E-state index >= 15 is 0 Å². The number of hydrogen-bond acceptors (Lipinski definition) is 15. The summed E-state index contributed by atoms with van der Waals surface area (Å²) in [7, 11) is -9.89. The molecule has 0 saturated heterocycles. The van der Waals surface area contributed by atoms with Crippen LogP contribution in [0.4, 0.5) is 0 Å². The standard InChI is InChI=1S/C63H118O17P2/c1-6-9-12-15-17-19-20-21-22-23-24-30-34-39-44-49-63(68)80-59(53-74-61(66)47-42-37-32-29-26-25-28-31-36-40-45-56(4)5)55-78-82(71,72)76-51-57(64)50-75-81(69,70)77-54-58(52-73-60(65)46-41-35-14-11-8-3)79-62(67)48-43-38-33-27-18-16-13-10-7-2/h19-22,56-59,64H,6-18,23-55H2,1-5H3,(H,69,70)(H,71,72)/b20-19-,22-21-/t57-,58+,59+/m0/s1. The lowest BCUT2D eigenvalue weighted by Crippen LogP contribution is -2.30. The zero-order valence-corrected chi connectivity index (χ0v) is 53.9. The topological polar surface area (TPSA) is 237 Å². The molecule has 0 bridgehead atoms. The SMILES string of the molecule is CCCCCC/C=C\C=C/CCCCCCCC(=O)O[C@H](COC(=O)CCCCCCCCCCCCC(C)C)COP(=O)(O)OC[C@@H](O)COP(=O)(O)OC[C@@H](COC(=O)CCCCCCC)OC(=O)CCCCCCCCCCC. The van der Waals surface area contributed by atoms with Crippen molar-refractivity contribution in [2.24, 2.45) is 5.92 Å². The Morgan fingerprint density at radius 1 is 0.378 bits per heavy atom. The van der Waals surface area contributed by atoms with Crippen LogP contribution in [0.5, 0.6) is 0 Å². The first-order chi connectivity index (χ1) is 39.5. The molecule has 17 nitrogen and oxygen atoms in total. The van der Waals surface area contributed by atoms with E-state index in [2.05, 4.69) is 58.9 Å². The molecule has 2 unspecified atom stereocenters. The smallest absolute Gasteiger partial charge is 0.462 e. The van der Waals surface area contributed by atoms with Crippen LogP contribution in [0.3, 0.4) is 0 Å². The molecule has 19 heteroatoms. The number of phosphoric ester groups is 2. The Balaban J connectivity index is 5.22. The van der Waals surface area contributed by atoms with E-state index in [-0.39, 0.29) is 25.7 Å².